The van der Waals surface area contributed by atoms with E-state index >= 15 is 0 Å². The van der Waals surface area contributed by atoms with Gasteiger partial charge in [-0.3, -0.25) is 4.21 Å². The van der Waals surface area contributed by atoms with Crippen molar-refractivity contribution in [3.8, 4) is 0 Å². The first-order chi connectivity index (χ1) is 5.11. The van der Waals surface area contributed by atoms with Crippen LogP contribution in [0.2, 0.25) is 5.02 Å². The monoisotopic (exact) mass is 216 g/mol. The summed E-state index contributed by atoms with van der Waals surface area (Å²) >= 11 is 2.96. The van der Waals surface area contributed by atoms with Gasteiger partial charge in [0.2, 0.25) is 0 Å². The molecule has 0 aromatic heterocycles. The van der Waals surface area contributed by atoms with E-state index in [0.717, 1.165) is 18.2 Å². The van der Waals surface area contributed by atoms with E-state index in [0.29, 0.717) is 0 Å². The van der Waals surface area contributed by atoms with E-state index in [2.05, 4.69) is 0 Å². The fraction of sp³-hybridized carbons (Fsp3) is 0. The van der Waals surface area contributed by atoms with Crippen LogP contribution in [0.5, 0.6) is 0 Å². The summed E-state index contributed by atoms with van der Waals surface area (Å²) in [6, 6.07) is 3.21. The molecular formula is C6H3ClFNaO2S. The Balaban J connectivity index is 0.00000121. The number of benzene rings is 1. The fourth-order valence-corrected chi connectivity index (χ4v) is 1.22. The van der Waals surface area contributed by atoms with Gasteiger partial charge in [0.25, 0.3) is 0 Å². The molecule has 2 nitrogen and oxygen atoms in total. The van der Waals surface area contributed by atoms with Crippen molar-refractivity contribution in [1.29, 1.82) is 0 Å². The molecule has 0 saturated heterocycles. The number of rotatable bonds is 1. The van der Waals surface area contributed by atoms with E-state index in [9.17, 15) is 13.2 Å². The molecule has 1 rings (SSSR count). The quantitative estimate of drug-likeness (QED) is 0.434. The van der Waals surface area contributed by atoms with E-state index in [1.54, 1.807) is 0 Å². The first kappa shape index (κ1) is 12.6. The number of hydrogen-bond acceptors (Lipinski definition) is 2. The number of halogens is 2. The molecule has 0 amide bonds. The van der Waals surface area contributed by atoms with Crippen molar-refractivity contribution in [2.24, 2.45) is 0 Å². The third-order valence-corrected chi connectivity index (χ3v) is 2.01. The second-order valence-corrected chi connectivity index (χ2v) is 3.16. The van der Waals surface area contributed by atoms with Gasteiger partial charge in [0.1, 0.15) is 5.82 Å². The Kier molecular flexibility index (Phi) is 5.56. The molecule has 0 heterocycles. The molecular weight excluding hydrogens is 214 g/mol. The maximum absolute atomic E-state index is 12.4. The molecule has 0 saturated carbocycles. The van der Waals surface area contributed by atoms with Crippen molar-refractivity contribution in [3.63, 3.8) is 0 Å². The average molecular weight is 217 g/mol. The Bertz CT molecular complexity index is 308. The Labute approximate surface area is 98.7 Å². The molecule has 1 aromatic carbocycles. The van der Waals surface area contributed by atoms with Crippen molar-refractivity contribution < 1.29 is 42.7 Å². The second kappa shape index (κ2) is 5.32. The van der Waals surface area contributed by atoms with E-state index in [4.69, 9.17) is 11.6 Å². The molecule has 0 bridgehead atoms. The van der Waals surface area contributed by atoms with Crippen molar-refractivity contribution in [2.45, 2.75) is 4.90 Å². The zero-order valence-electron chi connectivity index (χ0n) is 6.21. The van der Waals surface area contributed by atoms with Crippen LogP contribution in [0.4, 0.5) is 4.39 Å². The molecule has 0 spiro atoms. The molecule has 0 radical (unpaired) electrons. The summed E-state index contributed by atoms with van der Waals surface area (Å²) < 4.78 is 33.0. The van der Waals surface area contributed by atoms with E-state index in [-0.39, 0.29) is 39.5 Å². The van der Waals surface area contributed by atoms with Gasteiger partial charge in [0.05, 0.1) is 5.02 Å². The topological polar surface area (TPSA) is 40.1 Å². The summed E-state index contributed by atoms with van der Waals surface area (Å²) in [6.45, 7) is 0. The summed E-state index contributed by atoms with van der Waals surface area (Å²) in [6.07, 6.45) is 0. The molecule has 0 aliphatic heterocycles. The molecule has 1 atom stereocenters. The number of hydrogen-bond donors (Lipinski definition) is 0. The van der Waals surface area contributed by atoms with Gasteiger partial charge in [-0.2, -0.15) is 0 Å². The standard InChI is InChI=1S/C6H4ClFO2S.Na/c7-5-3-4(11(9)10)1-2-6(5)8;/h1-3H,(H,9,10);/q;+1/p-1. The van der Waals surface area contributed by atoms with Crippen LogP contribution in [0.3, 0.4) is 0 Å². The predicted octanol–water partition coefficient (Wildman–Crippen LogP) is -1.28. The molecule has 0 fully saturated rings. The van der Waals surface area contributed by atoms with Gasteiger partial charge in [0, 0.05) is 4.90 Å². The Morgan fingerprint density at radius 2 is 2.08 bits per heavy atom. The molecule has 12 heavy (non-hydrogen) atoms. The zero-order chi connectivity index (χ0) is 8.43. The van der Waals surface area contributed by atoms with Crippen LogP contribution in [-0.4, -0.2) is 8.76 Å². The maximum Gasteiger partial charge on any atom is 1.00 e. The van der Waals surface area contributed by atoms with Gasteiger partial charge >= 0.3 is 29.6 Å². The molecule has 6 heteroatoms. The third kappa shape index (κ3) is 3.12. The van der Waals surface area contributed by atoms with Gasteiger partial charge in [-0.25, -0.2) is 4.39 Å². The van der Waals surface area contributed by atoms with Crippen LogP contribution in [-0.2, 0) is 11.1 Å². The van der Waals surface area contributed by atoms with Gasteiger partial charge in [-0.15, -0.1) is 0 Å². The second-order valence-electron chi connectivity index (χ2n) is 1.81. The van der Waals surface area contributed by atoms with Crippen LogP contribution in [0.25, 0.3) is 0 Å². The Morgan fingerprint density at radius 3 is 2.50 bits per heavy atom. The van der Waals surface area contributed by atoms with E-state index in [1.165, 1.54) is 0 Å². The minimum atomic E-state index is -2.35. The first-order valence-corrected chi connectivity index (χ1v) is 4.11. The minimum absolute atomic E-state index is 0. The van der Waals surface area contributed by atoms with E-state index in [1.807, 2.05) is 0 Å². The summed E-state index contributed by atoms with van der Waals surface area (Å²) in [4.78, 5) is -0.0172. The molecule has 0 aliphatic rings. The first-order valence-electron chi connectivity index (χ1n) is 2.65. The Morgan fingerprint density at radius 1 is 1.50 bits per heavy atom. The predicted molar refractivity (Wildman–Crippen MR) is 38.6 cm³/mol. The normalized spacial score (nSPS) is 11.9. The van der Waals surface area contributed by atoms with Crippen LogP contribution in [0.1, 0.15) is 0 Å². The van der Waals surface area contributed by atoms with Crippen LogP contribution < -0.4 is 29.6 Å². The van der Waals surface area contributed by atoms with Crippen LogP contribution in [0, 0.1) is 5.82 Å². The van der Waals surface area contributed by atoms with Crippen molar-refractivity contribution in [2.75, 3.05) is 0 Å². The molecule has 0 aliphatic carbocycles. The molecule has 1 unspecified atom stereocenters. The van der Waals surface area contributed by atoms with Crippen molar-refractivity contribution in [1.82, 2.24) is 0 Å². The molecule has 60 valence electrons. The van der Waals surface area contributed by atoms with Gasteiger partial charge in [0.15, 0.2) is 0 Å². The molecule has 0 N–H and O–H groups in total. The summed E-state index contributed by atoms with van der Waals surface area (Å²) in [5.41, 5.74) is 0. The summed E-state index contributed by atoms with van der Waals surface area (Å²) in [5.74, 6) is -0.624. The van der Waals surface area contributed by atoms with Crippen LogP contribution in [0.15, 0.2) is 23.1 Å². The van der Waals surface area contributed by atoms with Gasteiger partial charge in [-0.1, -0.05) is 11.6 Å². The summed E-state index contributed by atoms with van der Waals surface area (Å²) in [5, 5.41) is -0.188. The largest absolute Gasteiger partial charge is 1.00 e. The van der Waals surface area contributed by atoms with Gasteiger partial charge in [-0.05, 0) is 29.3 Å². The Hall–Kier alpha value is 0.550. The SMILES string of the molecule is O=S([O-])c1ccc(F)c(Cl)c1.[Na+]. The zero-order valence-corrected chi connectivity index (χ0v) is 9.79. The van der Waals surface area contributed by atoms with E-state index < -0.39 is 16.9 Å². The van der Waals surface area contributed by atoms with Crippen molar-refractivity contribution >= 4 is 22.7 Å². The van der Waals surface area contributed by atoms with Gasteiger partial charge < -0.3 is 4.55 Å². The third-order valence-electron chi connectivity index (χ3n) is 1.08. The average Bonchev–Trinajstić information content (AvgIpc) is 1.94. The van der Waals surface area contributed by atoms with Crippen LogP contribution >= 0.6 is 11.6 Å². The maximum atomic E-state index is 12.4. The summed E-state index contributed by atoms with van der Waals surface area (Å²) in [7, 11) is 0. The smallest absolute Gasteiger partial charge is 0.768 e. The van der Waals surface area contributed by atoms with Crippen molar-refractivity contribution in [3.05, 3.63) is 29.0 Å². The molecule has 1 aromatic rings. The fourth-order valence-electron chi connectivity index (χ4n) is 0.581. The minimum Gasteiger partial charge on any atom is -0.768 e.